The molecule has 0 amide bonds. The van der Waals surface area contributed by atoms with Crippen molar-refractivity contribution >= 4 is 16.6 Å². The first-order chi connectivity index (χ1) is 14.6. The zero-order valence-electron chi connectivity index (χ0n) is 17.1. The van der Waals surface area contributed by atoms with E-state index in [1.54, 1.807) is 14.2 Å². The van der Waals surface area contributed by atoms with Crippen molar-refractivity contribution in [1.29, 1.82) is 0 Å². The summed E-state index contributed by atoms with van der Waals surface area (Å²) in [6, 6.07) is 17.4. The normalized spacial score (nSPS) is 10.9. The van der Waals surface area contributed by atoms with Crippen molar-refractivity contribution in [2.24, 2.45) is 0 Å². The van der Waals surface area contributed by atoms with Crippen LogP contribution in [-0.4, -0.2) is 29.3 Å². The van der Waals surface area contributed by atoms with Gasteiger partial charge in [-0.1, -0.05) is 30.3 Å². The number of aromatic nitrogens is 2. The van der Waals surface area contributed by atoms with E-state index in [4.69, 9.17) is 20.2 Å². The second-order valence-corrected chi connectivity index (χ2v) is 6.93. The maximum absolute atomic E-state index is 10.0. The summed E-state index contributed by atoms with van der Waals surface area (Å²) >= 11 is 0. The molecule has 4 aromatic rings. The molecular weight excluding hydrogens is 378 g/mol. The van der Waals surface area contributed by atoms with Gasteiger partial charge < -0.3 is 20.3 Å². The summed E-state index contributed by atoms with van der Waals surface area (Å²) in [6.07, 6.45) is 0. The minimum Gasteiger partial charge on any atom is -0.493 e. The predicted molar refractivity (Wildman–Crippen MR) is 119 cm³/mol. The van der Waals surface area contributed by atoms with E-state index in [2.05, 4.69) is 4.98 Å². The van der Waals surface area contributed by atoms with E-state index >= 15 is 0 Å². The maximum Gasteiger partial charge on any atom is 0.161 e. The van der Waals surface area contributed by atoms with E-state index in [1.165, 1.54) is 0 Å². The van der Waals surface area contributed by atoms with Crippen LogP contribution in [0.25, 0.3) is 33.4 Å². The second-order valence-electron chi connectivity index (χ2n) is 6.93. The SMILES string of the molecule is COc1ccc(-c2c(N)c(-c3ccc4ccccc4n3)nc(C)c2CO)cc1OC. The summed E-state index contributed by atoms with van der Waals surface area (Å²) in [6.45, 7) is 1.68. The number of aliphatic hydroxyl groups excluding tert-OH is 1. The number of nitrogen functional groups attached to an aromatic ring is 1. The Balaban J connectivity index is 1.96. The average Bonchev–Trinajstić information content (AvgIpc) is 2.79. The standard InChI is InChI=1S/C24H23N3O3/c1-14-17(13-28)22(16-9-11-20(29-2)21(12-16)30-3)23(25)24(26-14)19-10-8-15-6-4-5-7-18(15)27-19/h4-12,28H,13,25H2,1-3H3. The third-order valence-electron chi connectivity index (χ3n) is 5.21. The van der Waals surface area contributed by atoms with Gasteiger partial charge in [-0.2, -0.15) is 0 Å². The molecule has 3 N–H and O–H groups in total. The fourth-order valence-electron chi connectivity index (χ4n) is 3.67. The molecule has 0 spiro atoms. The second kappa shape index (κ2) is 8.00. The average molecular weight is 401 g/mol. The van der Waals surface area contributed by atoms with Crippen LogP contribution in [0.4, 0.5) is 5.69 Å². The number of pyridine rings is 2. The van der Waals surface area contributed by atoms with Crippen LogP contribution >= 0.6 is 0 Å². The first-order valence-corrected chi connectivity index (χ1v) is 9.55. The van der Waals surface area contributed by atoms with Crippen molar-refractivity contribution in [1.82, 2.24) is 9.97 Å². The Labute approximate surface area is 174 Å². The van der Waals surface area contributed by atoms with Gasteiger partial charge in [0.25, 0.3) is 0 Å². The molecule has 30 heavy (non-hydrogen) atoms. The predicted octanol–water partition coefficient (Wildman–Crippen LogP) is 4.36. The fraction of sp³-hybridized carbons (Fsp3) is 0.167. The Bertz CT molecular complexity index is 1240. The number of nitrogens with two attached hydrogens (primary N) is 1. The summed E-state index contributed by atoms with van der Waals surface area (Å²) in [5, 5.41) is 11.1. The molecule has 0 bridgehead atoms. The van der Waals surface area contributed by atoms with Crippen molar-refractivity contribution in [2.75, 3.05) is 20.0 Å². The number of anilines is 1. The number of hydrogen-bond acceptors (Lipinski definition) is 6. The summed E-state index contributed by atoms with van der Waals surface area (Å²) < 4.78 is 10.8. The number of ether oxygens (including phenoxy) is 2. The zero-order valence-corrected chi connectivity index (χ0v) is 17.1. The third kappa shape index (κ3) is 3.31. The summed E-state index contributed by atoms with van der Waals surface area (Å²) in [7, 11) is 3.17. The molecule has 0 atom stereocenters. The molecule has 6 heteroatoms. The van der Waals surface area contributed by atoms with Crippen LogP contribution in [-0.2, 0) is 6.61 Å². The number of aliphatic hydroxyl groups is 1. The van der Waals surface area contributed by atoms with Crippen LogP contribution in [0.1, 0.15) is 11.3 Å². The van der Waals surface area contributed by atoms with Crippen LogP contribution in [0.15, 0.2) is 54.6 Å². The highest BCUT2D eigenvalue weighted by molar-refractivity contribution is 5.90. The molecule has 4 rings (SSSR count). The van der Waals surface area contributed by atoms with Gasteiger partial charge in [0.1, 0.15) is 5.69 Å². The molecule has 0 unspecified atom stereocenters. The van der Waals surface area contributed by atoms with Crippen LogP contribution < -0.4 is 15.2 Å². The van der Waals surface area contributed by atoms with Crippen LogP contribution in [0, 0.1) is 6.92 Å². The molecule has 2 heterocycles. The number of aryl methyl sites for hydroxylation is 1. The van der Waals surface area contributed by atoms with E-state index in [1.807, 2.05) is 61.5 Å². The summed E-state index contributed by atoms with van der Waals surface area (Å²) in [5.74, 6) is 1.20. The summed E-state index contributed by atoms with van der Waals surface area (Å²) in [4.78, 5) is 9.43. The molecule has 0 aliphatic heterocycles. The number of para-hydroxylation sites is 1. The Kier molecular flexibility index (Phi) is 5.25. The quantitative estimate of drug-likeness (QED) is 0.516. The van der Waals surface area contributed by atoms with Gasteiger partial charge in [-0.25, -0.2) is 9.97 Å². The number of methoxy groups -OCH3 is 2. The molecular formula is C24H23N3O3. The number of nitrogens with zero attached hydrogens (tertiary/aromatic N) is 2. The van der Waals surface area contributed by atoms with Gasteiger partial charge in [0.2, 0.25) is 0 Å². The first kappa shape index (κ1) is 19.7. The lowest BCUT2D eigenvalue weighted by molar-refractivity contribution is 0.281. The van der Waals surface area contributed by atoms with Gasteiger partial charge in [0, 0.05) is 22.2 Å². The maximum atomic E-state index is 10.0. The van der Waals surface area contributed by atoms with E-state index < -0.39 is 0 Å². The molecule has 0 radical (unpaired) electrons. The van der Waals surface area contributed by atoms with E-state index in [9.17, 15) is 5.11 Å². The minimum atomic E-state index is -0.182. The van der Waals surface area contributed by atoms with Crippen LogP contribution in [0.2, 0.25) is 0 Å². The van der Waals surface area contributed by atoms with Crippen LogP contribution in [0.5, 0.6) is 11.5 Å². The molecule has 2 aromatic heterocycles. The highest BCUT2D eigenvalue weighted by Crippen LogP contribution is 2.40. The lowest BCUT2D eigenvalue weighted by Crippen LogP contribution is -2.06. The lowest BCUT2D eigenvalue weighted by atomic mass is 9.95. The number of benzene rings is 2. The highest BCUT2D eigenvalue weighted by atomic mass is 16.5. The molecule has 2 aromatic carbocycles. The van der Waals surface area contributed by atoms with Crippen LogP contribution in [0.3, 0.4) is 0 Å². The number of fused-ring (bicyclic) bond motifs is 1. The molecule has 0 fully saturated rings. The third-order valence-corrected chi connectivity index (χ3v) is 5.21. The Morgan fingerprint density at radius 2 is 1.70 bits per heavy atom. The van der Waals surface area contributed by atoms with Gasteiger partial charge in [-0.15, -0.1) is 0 Å². The molecule has 152 valence electrons. The molecule has 0 saturated carbocycles. The van der Waals surface area contributed by atoms with Gasteiger partial charge in [0.15, 0.2) is 11.5 Å². The Hall–Kier alpha value is -3.64. The van der Waals surface area contributed by atoms with Crippen molar-refractivity contribution < 1.29 is 14.6 Å². The van der Waals surface area contributed by atoms with E-state index in [0.717, 1.165) is 22.0 Å². The molecule has 0 aliphatic carbocycles. The largest absolute Gasteiger partial charge is 0.493 e. The van der Waals surface area contributed by atoms with Crippen molar-refractivity contribution in [2.45, 2.75) is 13.5 Å². The van der Waals surface area contributed by atoms with Gasteiger partial charge in [0.05, 0.1) is 37.7 Å². The smallest absolute Gasteiger partial charge is 0.161 e. The van der Waals surface area contributed by atoms with E-state index in [-0.39, 0.29) is 6.61 Å². The molecule has 0 saturated heterocycles. The monoisotopic (exact) mass is 401 g/mol. The van der Waals surface area contributed by atoms with Crippen molar-refractivity contribution in [3.05, 3.63) is 65.9 Å². The van der Waals surface area contributed by atoms with Gasteiger partial charge >= 0.3 is 0 Å². The van der Waals surface area contributed by atoms with Gasteiger partial charge in [-0.3, -0.25) is 0 Å². The molecule has 6 nitrogen and oxygen atoms in total. The zero-order chi connectivity index (χ0) is 21.3. The first-order valence-electron chi connectivity index (χ1n) is 9.55. The van der Waals surface area contributed by atoms with Crippen molar-refractivity contribution in [3.63, 3.8) is 0 Å². The highest BCUT2D eigenvalue weighted by Gasteiger charge is 2.20. The Morgan fingerprint density at radius 1 is 0.933 bits per heavy atom. The lowest BCUT2D eigenvalue weighted by Gasteiger charge is -2.18. The Morgan fingerprint density at radius 3 is 2.43 bits per heavy atom. The topological polar surface area (TPSA) is 90.5 Å². The summed E-state index contributed by atoms with van der Waals surface area (Å²) in [5.41, 5.74) is 12.1. The molecule has 0 aliphatic rings. The van der Waals surface area contributed by atoms with E-state index in [0.29, 0.717) is 39.8 Å². The number of rotatable bonds is 5. The van der Waals surface area contributed by atoms with Crippen molar-refractivity contribution in [3.8, 4) is 34.0 Å². The fourth-order valence-corrected chi connectivity index (χ4v) is 3.67. The minimum absolute atomic E-state index is 0.182. The number of hydrogen-bond donors (Lipinski definition) is 2. The van der Waals surface area contributed by atoms with Gasteiger partial charge in [-0.05, 0) is 36.8 Å².